The van der Waals surface area contributed by atoms with Crippen LogP contribution in [0.3, 0.4) is 0 Å². The highest BCUT2D eigenvalue weighted by Gasteiger charge is 2.46. The highest BCUT2D eigenvalue weighted by molar-refractivity contribution is 7.22. The molecular formula is C33H28N2O6S. The summed E-state index contributed by atoms with van der Waals surface area (Å²) in [6, 6.07) is 23.1. The summed E-state index contributed by atoms with van der Waals surface area (Å²) >= 11 is 1.32. The standard InChI is InChI=1S/C33H28N2O6S/c1-4-39-26-17-22(12-15-24(26)40-18-21-8-6-5-7-9-21)29-28(30(36)25-14-11-20(3)41-25)31(37)32(38)35(29)33-34-23-13-10-19(2)16-27(23)42-33/h5-17,29,37H,4,18H2,1-3H3. The highest BCUT2D eigenvalue weighted by Crippen LogP contribution is 2.46. The Morgan fingerprint density at radius 3 is 2.55 bits per heavy atom. The normalized spacial score (nSPS) is 15.1. The van der Waals surface area contributed by atoms with E-state index < -0.39 is 23.5 Å². The Balaban J connectivity index is 1.45. The maximum absolute atomic E-state index is 13.8. The van der Waals surface area contributed by atoms with Gasteiger partial charge in [-0.05, 0) is 73.9 Å². The first-order valence-electron chi connectivity index (χ1n) is 13.5. The highest BCUT2D eigenvalue weighted by atomic mass is 32.1. The molecule has 1 unspecified atom stereocenters. The second-order valence-corrected chi connectivity index (χ2v) is 11.0. The van der Waals surface area contributed by atoms with Gasteiger partial charge in [0, 0.05) is 0 Å². The van der Waals surface area contributed by atoms with Crippen molar-refractivity contribution in [1.82, 2.24) is 4.98 Å². The molecule has 1 N–H and O–H groups in total. The molecule has 1 aliphatic rings. The zero-order chi connectivity index (χ0) is 29.4. The number of carbonyl (C=O) groups excluding carboxylic acids is 2. The van der Waals surface area contributed by atoms with E-state index in [9.17, 15) is 14.7 Å². The smallest absolute Gasteiger partial charge is 0.296 e. The minimum atomic E-state index is -0.987. The van der Waals surface area contributed by atoms with Crippen LogP contribution in [-0.4, -0.2) is 28.4 Å². The number of amides is 1. The van der Waals surface area contributed by atoms with Gasteiger partial charge in [0.25, 0.3) is 5.91 Å². The van der Waals surface area contributed by atoms with E-state index in [1.807, 2.05) is 62.4 Å². The number of aliphatic hydroxyl groups is 1. The van der Waals surface area contributed by atoms with Gasteiger partial charge in [-0.25, -0.2) is 4.98 Å². The number of carbonyl (C=O) groups is 2. The second kappa shape index (κ2) is 11.2. The van der Waals surface area contributed by atoms with Gasteiger partial charge >= 0.3 is 0 Å². The Kier molecular flexibility index (Phi) is 7.26. The van der Waals surface area contributed by atoms with E-state index in [-0.39, 0.29) is 11.3 Å². The predicted molar refractivity (Wildman–Crippen MR) is 160 cm³/mol. The van der Waals surface area contributed by atoms with Crippen LogP contribution in [0.25, 0.3) is 10.2 Å². The lowest BCUT2D eigenvalue weighted by molar-refractivity contribution is -0.117. The molecule has 1 amide bonds. The van der Waals surface area contributed by atoms with Crippen LogP contribution < -0.4 is 14.4 Å². The molecule has 0 aliphatic carbocycles. The van der Waals surface area contributed by atoms with Crippen molar-refractivity contribution in [1.29, 1.82) is 0 Å². The third-order valence-electron chi connectivity index (χ3n) is 6.98. The van der Waals surface area contributed by atoms with E-state index in [1.54, 1.807) is 31.2 Å². The molecule has 2 aromatic heterocycles. The SMILES string of the molecule is CCOc1cc(C2C(C(=O)c3ccc(C)o3)=C(O)C(=O)N2c2nc3ccc(C)cc3s2)ccc1OCc1ccccc1. The van der Waals surface area contributed by atoms with Crippen molar-refractivity contribution in [2.45, 2.75) is 33.4 Å². The fourth-order valence-electron chi connectivity index (χ4n) is 4.98. The van der Waals surface area contributed by atoms with E-state index in [4.69, 9.17) is 18.9 Å². The summed E-state index contributed by atoms with van der Waals surface area (Å²) in [6.45, 7) is 6.27. The van der Waals surface area contributed by atoms with Gasteiger partial charge in [0.05, 0.1) is 28.4 Å². The molecule has 9 heteroatoms. The fraction of sp³-hybridized carbons (Fsp3) is 0.182. The molecule has 5 aromatic rings. The van der Waals surface area contributed by atoms with E-state index >= 15 is 0 Å². The zero-order valence-corrected chi connectivity index (χ0v) is 24.1. The van der Waals surface area contributed by atoms with Crippen LogP contribution >= 0.6 is 11.3 Å². The lowest BCUT2D eigenvalue weighted by Gasteiger charge is -2.25. The van der Waals surface area contributed by atoms with Gasteiger partial charge in [-0.2, -0.15) is 0 Å². The summed E-state index contributed by atoms with van der Waals surface area (Å²) in [4.78, 5) is 33.5. The first kappa shape index (κ1) is 27.3. The van der Waals surface area contributed by atoms with Crippen molar-refractivity contribution >= 4 is 38.4 Å². The van der Waals surface area contributed by atoms with Crippen molar-refractivity contribution in [2.24, 2.45) is 0 Å². The first-order chi connectivity index (χ1) is 20.3. The second-order valence-electron chi connectivity index (χ2n) is 9.96. The number of hydrogen-bond donors (Lipinski definition) is 1. The third kappa shape index (κ3) is 5.03. The quantitative estimate of drug-likeness (QED) is 0.183. The summed E-state index contributed by atoms with van der Waals surface area (Å²) in [5.74, 6) is -0.413. The van der Waals surface area contributed by atoms with E-state index in [2.05, 4.69) is 0 Å². The van der Waals surface area contributed by atoms with Gasteiger partial charge in [-0.1, -0.05) is 53.8 Å². The number of nitrogens with zero attached hydrogens (tertiary/aromatic N) is 2. The van der Waals surface area contributed by atoms with Crippen molar-refractivity contribution < 1.29 is 28.6 Å². The van der Waals surface area contributed by atoms with Gasteiger partial charge in [0.15, 0.2) is 28.1 Å². The number of anilines is 1. The van der Waals surface area contributed by atoms with Gasteiger partial charge in [0.1, 0.15) is 12.4 Å². The molecule has 8 nitrogen and oxygen atoms in total. The molecule has 1 aliphatic heterocycles. The van der Waals surface area contributed by atoms with Crippen LogP contribution in [0.5, 0.6) is 11.5 Å². The van der Waals surface area contributed by atoms with E-state index in [1.165, 1.54) is 22.3 Å². The molecular weight excluding hydrogens is 552 g/mol. The molecule has 0 radical (unpaired) electrons. The van der Waals surface area contributed by atoms with Crippen molar-refractivity contribution in [3.05, 3.63) is 118 Å². The lowest BCUT2D eigenvalue weighted by Crippen LogP contribution is -2.31. The Hall–Kier alpha value is -4.89. The number of aliphatic hydroxyl groups excluding tert-OH is 1. The number of aryl methyl sites for hydroxylation is 2. The van der Waals surface area contributed by atoms with Crippen LogP contribution in [0.1, 0.15) is 46.0 Å². The molecule has 0 fully saturated rings. The minimum absolute atomic E-state index is 0.0291. The predicted octanol–water partition coefficient (Wildman–Crippen LogP) is 7.27. The van der Waals surface area contributed by atoms with Crippen molar-refractivity contribution in [2.75, 3.05) is 11.5 Å². The topological polar surface area (TPSA) is 102 Å². The summed E-state index contributed by atoms with van der Waals surface area (Å²) in [5, 5.41) is 11.5. The maximum atomic E-state index is 13.8. The van der Waals surface area contributed by atoms with Crippen LogP contribution in [0.2, 0.25) is 0 Å². The molecule has 0 spiro atoms. The summed E-state index contributed by atoms with van der Waals surface area (Å²) in [5.41, 5.74) is 3.22. The van der Waals surface area contributed by atoms with E-state index in [0.29, 0.717) is 46.7 Å². The molecule has 0 bridgehead atoms. The average molecular weight is 581 g/mol. The number of fused-ring (bicyclic) bond motifs is 1. The number of ether oxygens (including phenoxy) is 2. The Morgan fingerprint density at radius 2 is 1.81 bits per heavy atom. The Bertz CT molecular complexity index is 1840. The average Bonchev–Trinajstić information content (AvgIpc) is 3.68. The van der Waals surface area contributed by atoms with Gasteiger partial charge < -0.3 is 19.0 Å². The number of benzene rings is 3. The van der Waals surface area contributed by atoms with Crippen LogP contribution in [0, 0.1) is 13.8 Å². The van der Waals surface area contributed by atoms with E-state index in [0.717, 1.165) is 15.8 Å². The molecule has 1 atom stereocenters. The largest absolute Gasteiger partial charge is 0.503 e. The molecule has 3 heterocycles. The molecule has 212 valence electrons. The number of thiazole rings is 1. The lowest BCUT2D eigenvalue weighted by atomic mass is 9.95. The first-order valence-corrected chi connectivity index (χ1v) is 14.3. The van der Waals surface area contributed by atoms with Crippen LogP contribution in [-0.2, 0) is 11.4 Å². The van der Waals surface area contributed by atoms with Gasteiger partial charge in [-0.15, -0.1) is 0 Å². The van der Waals surface area contributed by atoms with Crippen LogP contribution in [0.15, 0.2) is 94.6 Å². The maximum Gasteiger partial charge on any atom is 0.296 e. The number of furan rings is 1. The van der Waals surface area contributed by atoms with Crippen molar-refractivity contribution in [3.63, 3.8) is 0 Å². The van der Waals surface area contributed by atoms with Crippen LogP contribution in [0.4, 0.5) is 5.13 Å². The molecule has 0 saturated carbocycles. The molecule has 0 saturated heterocycles. The third-order valence-corrected chi connectivity index (χ3v) is 7.99. The zero-order valence-electron chi connectivity index (χ0n) is 23.3. The van der Waals surface area contributed by atoms with Gasteiger partial charge in [0.2, 0.25) is 5.78 Å². The monoisotopic (exact) mass is 580 g/mol. The molecule has 42 heavy (non-hydrogen) atoms. The molecule has 3 aromatic carbocycles. The fourth-order valence-corrected chi connectivity index (χ4v) is 6.07. The number of rotatable bonds is 9. The van der Waals surface area contributed by atoms with Crippen molar-refractivity contribution in [3.8, 4) is 11.5 Å². The Morgan fingerprint density at radius 1 is 1.00 bits per heavy atom. The number of Topliss-reactive ketones (excluding diaryl/α,β-unsaturated/α-hetero) is 1. The minimum Gasteiger partial charge on any atom is -0.503 e. The molecule has 6 rings (SSSR count). The summed E-state index contributed by atoms with van der Waals surface area (Å²) in [7, 11) is 0. The Labute approximate surface area is 246 Å². The number of ketones is 1. The number of aromatic nitrogens is 1. The number of hydrogen-bond acceptors (Lipinski definition) is 8. The van der Waals surface area contributed by atoms with Gasteiger partial charge in [-0.3, -0.25) is 14.5 Å². The summed E-state index contributed by atoms with van der Waals surface area (Å²) in [6.07, 6.45) is 0. The summed E-state index contributed by atoms with van der Waals surface area (Å²) < 4.78 is 18.5.